The van der Waals surface area contributed by atoms with Crippen LogP contribution >= 0.6 is 27.2 Å². The van der Waals surface area contributed by atoms with Crippen molar-refractivity contribution >= 4 is 33.2 Å². The third-order valence-corrected chi connectivity index (χ3v) is 7.62. The summed E-state index contributed by atoms with van der Waals surface area (Å²) in [5.74, 6) is -0.730. The molecule has 37 heavy (non-hydrogen) atoms. The number of unbranched alkanes of at least 4 members (excludes halogenated alkanes) is 1. The fourth-order valence-electron chi connectivity index (χ4n) is 4.55. The van der Waals surface area contributed by atoms with Crippen LogP contribution in [0.2, 0.25) is 5.02 Å². The highest BCUT2D eigenvalue weighted by Gasteiger charge is 2.58. The number of hydrogen-bond donors (Lipinski definition) is 5. The summed E-state index contributed by atoms with van der Waals surface area (Å²) < 4.78 is 31.5. The third kappa shape index (κ3) is 9.11. The van der Waals surface area contributed by atoms with Crippen LogP contribution in [0.15, 0.2) is 42.5 Å². The first kappa shape index (κ1) is 29.7. The van der Waals surface area contributed by atoms with Crippen molar-refractivity contribution in [2.45, 2.75) is 51.9 Å². The second-order valence-electron chi connectivity index (χ2n) is 9.28. The van der Waals surface area contributed by atoms with Crippen LogP contribution < -0.4 is 14.4 Å². The molecule has 2 unspecified atom stereocenters. The molecule has 204 valence electrons. The van der Waals surface area contributed by atoms with Gasteiger partial charge < -0.3 is 14.4 Å². The first-order valence-electron chi connectivity index (χ1n) is 12.0. The Morgan fingerprint density at radius 2 is 1.62 bits per heavy atom. The van der Waals surface area contributed by atoms with Gasteiger partial charge in [0.15, 0.2) is 11.5 Å². The Labute approximate surface area is 220 Å². The van der Waals surface area contributed by atoms with E-state index in [0.717, 1.165) is 44.6 Å². The first-order chi connectivity index (χ1) is 17.3. The zero-order valence-corrected chi connectivity index (χ0v) is 22.9. The molecular weight excluding hydrogens is 544 g/mol. The van der Waals surface area contributed by atoms with E-state index in [-0.39, 0.29) is 12.5 Å². The van der Waals surface area contributed by atoms with Crippen molar-refractivity contribution < 1.29 is 42.5 Å². The molecule has 0 aromatic heterocycles. The molecule has 2 atom stereocenters. The summed E-state index contributed by atoms with van der Waals surface area (Å²) in [5.41, 5.74) is 1.32. The van der Waals surface area contributed by atoms with Crippen LogP contribution in [0.5, 0.6) is 11.5 Å². The van der Waals surface area contributed by atoms with Crippen LogP contribution in [0.4, 0.5) is 0 Å². The molecule has 0 radical (unpaired) electrons. The van der Waals surface area contributed by atoms with Crippen LogP contribution in [0, 0.1) is 11.3 Å². The van der Waals surface area contributed by atoms with Gasteiger partial charge in [0.05, 0.1) is 5.41 Å². The largest absolute Gasteiger partial charge is 0.524 e. The maximum Gasteiger partial charge on any atom is 0.524 e. The van der Waals surface area contributed by atoms with E-state index >= 15 is 0 Å². The van der Waals surface area contributed by atoms with Crippen molar-refractivity contribution in [2.24, 2.45) is 11.3 Å². The molecule has 0 bridgehead atoms. The number of carbonyl (C=O) groups excluding carboxylic acids is 1. The standard InChI is InChI=1S/C24H32ClNO9P2/c1-2-3-13-24(16-19(24)8-4-17-5-9-20(25)10-6-17)23(27)26-14-12-18-7-11-21(34-36(28,29)30)22(15-18)35-37(31,32)33/h5-7,9-11,15,19H,2-4,8,12-14,16H2,1H3,(H,26,27)(H2,28,29,30)(H2,31,32,33). The van der Waals surface area contributed by atoms with E-state index in [1.54, 1.807) is 0 Å². The van der Waals surface area contributed by atoms with E-state index in [9.17, 15) is 13.9 Å². The minimum absolute atomic E-state index is 0.00444. The number of hydrogen-bond acceptors (Lipinski definition) is 5. The highest BCUT2D eigenvalue weighted by molar-refractivity contribution is 7.47. The molecule has 1 aliphatic rings. The summed E-state index contributed by atoms with van der Waals surface area (Å²) in [6.07, 6.45) is 5.67. The van der Waals surface area contributed by atoms with Crippen molar-refractivity contribution in [3.63, 3.8) is 0 Å². The Morgan fingerprint density at radius 3 is 2.24 bits per heavy atom. The SMILES string of the molecule is CCCCC1(C(=O)NCCc2ccc(OP(=O)(O)O)c(OP(=O)(O)O)c2)CC1CCc1ccc(Cl)cc1. The van der Waals surface area contributed by atoms with E-state index in [1.807, 2.05) is 24.3 Å². The summed E-state index contributed by atoms with van der Waals surface area (Å²) in [5, 5.41) is 3.68. The van der Waals surface area contributed by atoms with Crippen molar-refractivity contribution in [3.05, 3.63) is 58.6 Å². The van der Waals surface area contributed by atoms with Gasteiger partial charge in [-0.15, -0.1) is 0 Å². The summed E-state index contributed by atoms with van der Waals surface area (Å²) in [6.45, 7) is 2.36. The maximum atomic E-state index is 13.2. The fourth-order valence-corrected chi connectivity index (χ4v) is 5.48. The number of rotatable bonds is 14. The minimum Gasteiger partial charge on any atom is -0.400 e. The molecule has 0 aliphatic heterocycles. The molecule has 3 rings (SSSR count). The molecular formula is C24H32ClNO9P2. The lowest BCUT2D eigenvalue weighted by Crippen LogP contribution is -2.34. The maximum absolute atomic E-state index is 13.2. The number of amides is 1. The van der Waals surface area contributed by atoms with Crippen LogP contribution in [0.1, 0.15) is 50.2 Å². The zero-order valence-electron chi connectivity index (χ0n) is 20.4. The molecule has 0 saturated heterocycles. The predicted molar refractivity (Wildman–Crippen MR) is 138 cm³/mol. The van der Waals surface area contributed by atoms with Crippen molar-refractivity contribution in [1.29, 1.82) is 0 Å². The van der Waals surface area contributed by atoms with Crippen LogP contribution in [0.3, 0.4) is 0 Å². The first-order valence-corrected chi connectivity index (χ1v) is 15.4. The number of phosphoric ester groups is 2. The number of phosphoric acid groups is 2. The van der Waals surface area contributed by atoms with Gasteiger partial charge in [0.1, 0.15) is 0 Å². The van der Waals surface area contributed by atoms with E-state index < -0.39 is 32.6 Å². The van der Waals surface area contributed by atoms with E-state index in [0.29, 0.717) is 22.9 Å². The molecule has 1 aliphatic carbocycles. The lowest BCUT2D eigenvalue weighted by Gasteiger charge is -2.18. The average Bonchev–Trinajstić information content (AvgIpc) is 3.51. The van der Waals surface area contributed by atoms with Gasteiger partial charge in [-0.05, 0) is 73.4 Å². The summed E-state index contributed by atoms with van der Waals surface area (Å²) in [7, 11) is -9.99. The van der Waals surface area contributed by atoms with Crippen LogP contribution in [0.25, 0.3) is 0 Å². The second-order valence-corrected chi connectivity index (χ2v) is 12.0. The Balaban J connectivity index is 1.61. The Hall–Kier alpha value is -1.90. The van der Waals surface area contributed by atoms with Gasteiger partial charge in [-0.1, -0.05) is 49.6 Å². The number of carbonyl (C=O) groups is 1. The lowest BCUT2D eigenvalue weighted by molar-refractivity contribution is -0.127. The Kier molecular flexibility index (Phi) is 9.86. The van der Waals surface area contributed by atoms with Gasteiger partial charge >= 0.3 is 15.6 Å². The molecule has 1 amide bonds. The topological polar surface area (TPSA) is 163 Å². The van der Waals surface area contributed by atoms with Gasteiger partial charge in [-0.2, -0.15) is 0 Å². The van der Waals surface area contributed by atoms with E-state index in [4.69, 9.17) is 31.2 Å². The molecule has 2 aromatic carbocycles. The Bertz CT molecular complexity index is 1180. The van der Waals surface area contributed by atoms with Crippen LogP contribution in [-0.2, 0) is 26.8 Å². The van der Waals surface area contributed by atoms with Gasteiger partial charge in [-0.3, -0.25) is 24.4 Å². The third-order valence-electron chi connectivity index (χ3n) is 6.50. The van der Waals surface area contributed by atoms with E-state index in [1.165, 1.54) is 17.7 Å². The monoisotopic (exact) mass is 575 g/mol. The minimum atomic E-state index is -5.01. The van der Waals surface area contributed by atoms with Crippen molar-refractivity contribution in [1.82, 2.24) is 5.32 Å². The highest BCUT2D eigenvalue weighted by Crippen LogP contribution is 2.58. The molecule has 13 heteroatoms. The summed E-state index contributed by atoms with van der Waals surface area (Å²) in [6, 6.07) is 11.6. The number of halogens is 1. The summed E-state index contributed by atoms with van der Waals surface area (Å²) >= 11 is 5.96. The molecule has 5 N–H and O–H groups in total. The van der Waals surface area contributed by atoms with Crippen molar-refractivity contribution in [2.75, 3.05) is 6.54 Å². The van der Waals surface area contributed by atoms with Crippen molar-refractivity contribution in [3.8, 4) is 11.5 Å². The number of benzene rings is 2. The second kappa shape index (κ2) is 12.3. The molecule has 0 spiro atoms. The van der Waals surface area contributed by atoms with Gasteiger partial charge in [-0.25, -0.2) is 9.13 Å². The fraction of sp³-hybridized carbons (Fsp3) is 0.458. The van der Waals surface area contributed by atoms with Gasteiger partial charge in [0.2, 0.25) is 5.91 Å². The molecule has 10 nitrogen and oxygen atoms in total. The number of aryl methyl sites for hydroxylation is 1. The zero-order chi connectivity index (χ0) is 27.3. The van der Waals surface area contributed by atoms with Gasteiger partial charge in [0.25, 0.3) is 0 Å². The van der Waals surface area contributed by atoms with E-state index in [2.05, 4.69) is 21.3 Å². The average molecular weight is 576 g/mol. The Morgan fingerprint density at radius 1 is 1.00 bits per heavy atom. The van der Waals surface area contributed by atoms with Gasteiger partial charge in [0, 0.05) is 11.6 Å². The molecule has 2 aromatic rings. The van der Waals surface area contributed by atoms with Crippen LogP contribution in [-0.4, -0.2) is 32.0 Å². The summed E-state index contributed by atoms with van der Waals surface area (Å²) in [4.78, 5) is 49.5. The predicted octanol–water partition coefficient (Wildman–Crippen LogP) is 4.77. The molecule has 1 saturated carbocycles. The molecule has 0 heterocycles. The highest BCUT2D eigenvalue weighted by atomic mass is 35.5. The number of nitrogens with one attached hydrogen (secondary N) is 1. The lowest BCUT2D eigenvalue weighted by atomic mass is 9.92. The quantitative estimate of drug-likeness (QED) is 0.200. The normalized spacial score (nSPS) is 19.4. The molecule has 1 fully saturated rings. The smallest absolute Gasteiger partial charge is 0.400 e.